The molecule has 148 valence electrons. The van der Waals surface area contributed by atoms with Crippen molar-refractivity contribution in [1.82, 2.24) is 5.32 Å². The van der Waals surface area contributed by atoms with Gasteiger partial charge in [-0.05, 0) is 48.2 Å². The molecule has 3 aromatic carbocycles. The monoisotopic (exact) mass is 392 g/mol. The maximum Gasteiger partial charge on any atom is 0.258 e. The van der Waals surface area contributed by atoms with Crippen LogP contribution in [-0.4, -0.2) is 31.5 Å². The van der Waals surface area contributed by atoms with E-state index in [2.05, 4.69) is 5.32 Å². The highest BCUT2D eigenvalue weighted by Crippen LogP contribution is 2.37. The average Bonchev–Trinajstić information content (AvgIpc) is 3.01. The molecular formula is C23H21FN2O3. The van der Waals surface area contributed by atoms with Crippen LogP contribution in [0.4, 0.5) is 10.1 Å². The summed E-state index contributed by atoms with van der Waals surface area (Å²) in [6.07, 6.45) is 0.896. The Morgan fingerprint density at radius 3 is 2.59 bits per heavy atom. The molecule has 29 heavy (non-hydrogen) atoms. The zero-order valence-corrected chi connectivity index (χ0v) is 15.9. The normalized spacial score (nSPS) is 12.4. The van der Waals surface area contributed by atoms with Crippen molar-refractivity contribution in [3.63, 3.8) is 0 Å². The van der Waals surface area contributed by atoms with Crippen LogP contribution in [0.3, 0.4) is 0 Å². The number of ether oxygens (including phenoxy) is 1. The number of anilines is 1. The number of rotatable bonds is 8. The van der Waals surface area contributed by atoms with E-state index in [1.54, 1.807) is 17.0 Å². The van der Waals surface area contributed by atoms with E-state index in [-0.39, 0.29) is 17.6 Å². The van der Waals surface area contributed by atoms with Gasteiger partial charge in [-0.25, -0.2) is 4.39 Å². The van der Waals surface area contributed by atoms with Gasteiger partial charge in [-0.3, -0.25) is 9.59 Å². The summed E-state index contributed by atoms with van der Waals surface area (Å²) in [5.74, 6) is 0.142. The Bertz CT molecular complexity index is 1040. The fourth-order valence-corrected chi connectivity index (χ4v) is 3.58. The number of hydrogen-bond donors (Lipinski definition) is 1. The summed E-state index contributed by atoms with van der Waals surface area (Å²) in [5.41, 5.74) is 1.64. The molecule has 0 saturated carbocycles. The highest BCUT2D eigenvalue weighted by atomic mass is 19.1. The Labute approximate surface area is 168 Å². The fraction of sp³-hybridized carbons (Fsp3) is 0.217. The number of hydrogen-bond acceptors (Lipinski definition) is 3. The second-order valence-electron chi connectivity index (χ2n) is 6.89. The Morgan fingerprint density at radius 1 is 1.03 bits per heavy atom. The van der Waals surface area contributed by atoms with Gasteiger partial charge < -0.3 is 15.0 Å². The second-order valence-corrected chi connectivity index (χ2v) is 6.89. The van der Waals surface area contributed by atoms with Crippen LogP contribution in [0.1, 0.15) is 23.2 Å². The molecule has 5 nitrogen and oxygen atoms in total. The molecular weight excluding hydrogens is 371 g/mol. The molecule has 0 spiro atoms. The highest BCUT2D eigenvalue weighted by molar-refractivity contribution is 6.25. The maximum atomic E-state index is 12.8. The van der Waals surface area contributed by atoms with Crippen LogP contribution in [0.25, 0.3) is 10.8 Å². The predicted molar refractivity (Wildman–Crippen MR) is 110 cm³/mol. The number of nitrogens with zero attached hydrogens (tertiary/aromatic N) is 1. The zero-order chi connectivity index (χ0) is 20.2. The Kier molecular flexibility index (Phi) is 5.42. The number of halogens is 1. The molecule has 1 aliphatic heterocycles. The predicted octanol–water partition coefficient (Wildman–Crippen LogP) is 3.91. The molecule has 2 amide bonds. The fourth-order valence-electron chi connectivity index (χ4n) is 3.58. The molecule has 0 radical (unpaired) electrons. The van der Waals surface area contributed by atoms with Crippen molar-refractivity contribution >= 4 is 28.3 Å². The molecule has 0 bridgehead atoms. The van der Waals surface area contributed by atoms with Crippen molar-refractivity contribution in [3.05, 3.63) is 72.0 Å². The third-order valence-corrected chi connectivity index (χ3v) is 4.94. The van der Waals surface area contributed by atoms with Gasteiger partial charge in [0.1, 0.15) is 18.2 Å². The highest BCUT2D eigenvalue weighted by Gasteiger charge is 2.28. The standard InChI is InChI=1S/C23H21FN2O3/c24-17-9-11-18(12-10-17)29-15-13-25-21(27)8-3-14-26-20-7-2-5-16-4-1-6-19(22(16)20)23(26)28/h1-2,4-7,9-12H,3,8,13-15H2,(H,25,27). The first-order valence-electron chi connectivity index (χ1n) is 9.62. The molecule has 0 unspecified atom stereocenters. The van der Waals surface area contributed by atoms with Crippen molar-refractivity contribution in [3.8, 4) is 5.75 Å². The molecule has 1 heterocycles. The van der Waals surface area contributed by atoms with Crippen molar-refractivity contribution in [2.75, 3.05) is 24.6 Å². The zero-order valence-electron chi connectivity index (χ0n) is 15.9. The minimum absolute atomic E-state index is 0.00935. The first-order chi connectivity index (χ1) is 14.1. The van der Waals surface area contributed by atoms with E-state index in [0.29, 0.717) is 38.3 Å². The van der Waals surface area contributed by atoms with Crippen LogP contribution in [-0.2, 0) is 4.79 Å². The summed E-state index contributed by atoms with van der Waals surface area (Å²) in [5, 5.41) is 4.84. The van der Waals surface area contributed by atoms with Crippen LogP contribution < -0.4 is 15.0 Å². The average molecular weight is 392 g/mol. The minimum Gasteiger partial charge on any atom is -0.492 e. The summed E-state index contributed by atoms with van der Waals surface area (Å²) in [4.78, 5) is 26.5. The van der Waals surface area contributed by atoms with Gasteiger partial charge in [-0.2, -0.15) is 0 Å². The van der Waals surface area contributed by atoms with Gasteiger partial charge in [0.2, 0.25) is 5.91 Å². The van der Waals surface area contributed by atoms with Gasteiger partial charge in [-0.1, -0.05) is 24.3 Å². The minimum atomic E-state index is -0.318. The summed E-state index contributed by atoms with van der Waals surface area (Å²) in [6.45, 7) is 1.16. The Hall–Kier alpha value is -3.41. The summed E-state index contributed by atoms with van der Waals surface area (Å²) in [7, 11) is 0. The summed E-state index contributed by atoms with van der Waals surface area (Å²) >= 11 is 0. The second kappa shape index (κ2) is 8.31. The topological polar surface area (TPSA) is 58.6 Å². The van der Waals surface area contributed by atoms with Crippen LogP contribution >= 0.6 is 0 Å². The molecule has 3 aromatic rings. The third-order valence-electron chi connectivity index (χ3n) is 4.94. The van der Waals surface area contributed by atoms with E-state index >= 15 is 0 Å². The maximum absolute atomic E-state index is 12.8. The van der Waals surface area contributed by atoms with Gasteiger partial charge in [0, 0.05) is 23.9 Å². The molecule has 0 aromatic heterocycles. The third kappa shape index (κ3) is 4.06. The lowest BCUT2D eigenvalue weighted by molar-refractivity contribution is -0.121. The largest absolute Gasteiger partial charge is 0.492 e. The van der Waals surface area contributed by atoms with E-state index in [1.807, 2.05) is 36.4 Å². The van der Waals surface area contributed by atoms with Crippen molar-refractivity contribution in [2.24, 2.45) is 0 Å². The Balaban J connectivity index is 1.22. The van der Waals surface area contributed by atoms with Crippen LogP contribution in [0.2, 0.25) is 0 Å². The quantitative estimate of drug-likeness (QED) is 0.591. The van der Waals surface area contributed by atoms with Crippen molar-refractivity contribution in [2.45, 2.75) is 12.8 Å². The van der Waals surface area contributed by atoms with Gasteiger partial charge in [0.15, 0.2) is 0 Å². The van der Waals surface area contributed by atoms with Gasteiger partial charge in [0.25, 0.3) is 5.91 Å². The molecule has 0 atom stereocenters. The smallest absolute Gasteiger partial charge is 0.258 e. The lowest BCUT2D eigenvalue weighted by Crippen LogP contribution is -2.31. The molecule has 0 aliphatic carbocycles. The molecule has 0 fully saturated rings. The van der Waals surface area contributed by atoms with Gasteiger partial charge in [-0.15, -0.1) is 0 Å². The first kappa shape index (κ1) is 18.9. The first-order valence-corrected chi connectivity index (χ1v) is 9.62. The van der Waals surface area contributed by atoms with E-state index in [1.165, 1.54) is 12.1 Å². The lowest BCUT2D eigenvalue weighted by atomic mass is 10.1. The number of carbonyl (C=O) groups excluding carboxylic acids is 2. The molecule has 1 N–H and O–H groups in total. The molecule has 1 aliphatic rings. The summed E-state index contributed by atoms with van der Waals surface area (Å²) < 4.78 is 18.3. The summed E-state index contributed by atoms with van der Waals surface area (Å²) in [6, 6.07) is 17.4. The van der Waals surface area contributed by atoms with Gasteiger partial charge >= 0.3 is 0 Å². The molecule has 6 heteroatoms. The Morgan fingerprint density at radius 2 is 1.79 bits per heavy atom. The van der Waals surface area contributed by atoms with Crippen LogP contribution in [0.5, 0.6) is 5.75 Å². The number of carbonyl (C=O) groups is 2. The van der Waals surface area contributed by atoms with E-state index in [9.17, 15) is 14.0 Å². The van der Waals surface area contributed by atoms with Crippen molar-refractivity contribution < 1.29 is 18.7 Å². The van der Waals surface area contributed by atoms with E-state index in [0.717, 1.165) is 22.0 Å². The molecule has 0 saturated heterocycles. The van der Waals surface area contributed by atoms with Crippen LogP contribution in [0, 0.1) is 5.82 Å². The number of benzene rings is 3. The van der Waals surface area contributed by atoms with E-state index in [4.69, 9.17) is 4.74 Å². The molecule has 4 rings (SSSR count). The lowest BCUT2D eigenvalue weighted by Gasteiger charge is -2.17. The van der Waals surface area contributed by atoms with Gasteiger partial charge in [0.05, 0.1) is 12.2 Å². The number of amides is 2. The number of nitrogens with one attached hydrogen (secondary N) is 1. The van der Waals surface area contributed by atoms with Crippen LogP contribution in [0.15, 0.2) is 60.7 Å². The SMILES string of the molecule is O=C(CCCN1C(=O)c2cccc3cccc1c23)NCCOc1ccc(F)cc1. The van der Waals surface area contributed by atoms with E-state index < -0.39 is 0 Å². The van der Waals surface area contributed by atoms with Crippen molar-refractivity contribution in [1.29, 1.82) is 0 Å².